The van der Waals surface area contributed by atoms with E-state index < -0.39 is 23.4 Å². The number of carboxylic acid groups (broad SMARTS) is 2. The Kier molecular flexibility index (Phi) is 4.49. The zero-order chi connectivity index (χ0) is 13.1. The number of nitrogens with zero attached hydrogens (tertiary/aromatic N) is 1. The Balaban J connectivity index is 4.58. The molecule has 1 N–H and O–H groups in total. The van der Waals surface area contributed by atoms with Crippen LogP contribution in [0.5, 0.6) is 0 Å². The minimum absolute atomic E-state index is 0.234. The molecule has 0 aromatic carbocycles. The van der Waals surface area contributed by atoms with Crippen molar-refractivity contribution in [1.29, 1.82) is 0 Å². The third kappa shape index (κ3) is 4.18. The second-order valence-electron chi connectivity index (χ2n) is 5.68. The van der Waals surface area contributed by atoms with Gasteiger partial charge in [0.2, 0.25) is 0 Å². The molecule has 0 aliphatic heterocycles. The summed E-state index contributed by atoms with van der Waals surface area (Å²) in [5.74, 6) is -2.04. The summed E-state index contributed by atoms with van der Waals surface area (Å²) in [7, 11) is 5.27. The van der Waals surface area contributed by atoms with E-state index in [2.05, 4.69) is 0 Å². The normalized spacial score (nSPS) is 14.6. The molecule has 0 bridgehead atoms. The van der Waals surface area contributed by atoms with Gasteiger partial charge in [-0.25, -0.2) is 0 Å². The van der Waals surface area contributed by atoms with Crippen LogP contribution in [0.15, 0.2) is 0 Å². The van der Waals surface area contributed by atoms with Crippen molar-refractivity contribution in [3.05, 3.63) is 0 Å². The van der Waals surface area contributed by atoms with Crippen molar-refractivity contribution in [3.63, 3.8) is 0 Å². The number of hydrogen-bond donors (Lipinski definition) is 1. The molecule has 0 spiro atoms. The summed E-state index contributed by atoms with van der Waals surface area (Å²) in [5, 5.41) is 19.9. The topological polar surface area (TPSA) is 77.4 Å². The number of quaternary nitrogens is 1. The van der Waals surface area contributed by atoms with E-state index >= 15 is 0 Å². The van der Waals surface area contributed by atoms with Crippen molar-refractivity contribution >= 4 is 11.9 Å². The molecule has 0 aromatic heterocycles. The monoisotopic (exact) mass is 231 g/mol. The minimum Gasteiger partial charge on any atom is -0.544 e. The molecule has 5 nitrogen and oxygen atoms in total. The summed E-state index contributed by atoms with van der Waals surface area (Å²) in [4.78, 5) is 21.8. The molecule has 94 valence electrons. The van der Waals surface area contributed by atoms with Gasteiger partial charge in [-0.1, -0.05) is 0 Å². The molecular formula is C11H21NO4. The van der Waals surface area contributed by atoms with Gasteiger partial charge in [-0.05, 0) is 20.3 Å². The van der Waals surface area contributed by atoms with E-state index in [-0.39, 0.29) is 4.48 Å². The van der Waals surface area contributed by atoms with Gasteiger partial charge in [-0.3, -0.25) is 4.79 Å². The van der Waals surface area contributed by atoms with Crippen LogP contribution in [0.25, 0.3) is 0 Å². The summed E-state index contributed by atoms with van der Waals surface area (Å²) < 4.78 is 0.234. The molecule has 5 heteroatoms. The SMILES string of the molecule is CC(C)(CCC(C(=O)[O-])[N+](C)(C)C)C(=O)O. The highest BCUT2D eigenvalue weighted by atomic mass is 16.4. The lowest BCUT2D eigenvalue weighted by atomic mass is 9.86. The van der Waals surface area contributed by atoms with E-state index in [0.29, 0.717) is 12.8 Å². The molecule has 0 saturated carbocycles. The number of carbonyl (C=O) groups excluding carboxylic acids is 1. The van der Waals surface area contributed by atoms with Gasteiger partial charge in [0, 0.05) is 6.42 Å². The molecule has 0 amide bonds. The molecule has 0 saturated heterocycles. The van der Waals surface area contributed by atoms with Gasteiger partial charge in [-0.2, -0.15) is 0 Å². The van der Waals surface area contributed by atoms with Crippen LogP contribution in [0.1, 0.15) is 26.7 Å². The van der Waals surface area contributed by atoms with Gasteiger partial charge >= 0.3 is 5.97 Å². The summed E-state index contributed by atoms with van der Waals surface area (Å²) in [6, 6.07) is -0.682. The van der Waals surface area contributed by atoms with Crippen molar-refractivity contribution in [1.82, 2.24) is 0 Å². The van der Waals surface area contributed by atoms with Gasteiger partial charge in [0.05, 0.1) is 32.5 Å². The van der Waals surface area contributed by atoms with E-state index in [1.807, 2.05) is 0 Å². The first kappa shape index (κ1) is 14.9. The first-order valence-electron chi connectivity index (χ1n) is 5.24. The Morgan fingerprint density at radius 2 is 1.75 bits per heavy atom. The molecule has 0 fully saturated rings. The maximum atomic E-state index is 11.0. The van der Waals surface area contributed by atoms with Gasteiger partial charge < -0.3 is 19.5 Å². The first-order valence-corrected chi connectivity index (χ1v) is 5.24. The largest absolute Gasteiger partial charge is 0.544 e. The third-order valence-corrected chi connectivity index (χ3v) is 2.83. The van der Waals surface area contributed by atoms with E-state index in [0.717, 1.165) is 0 Å². The molecule has 1 atom stereocenters. The molecule has 0 rings (SSSR count). The van der Waals surface area contributed by atoms with Crippen molar-refractivity contribution in [2.75, 3.05) is 21.1 Å². The van der Waals surface area contributed by atoms with Gasteiger partial charge in [0.25, 0.3) is 0 Å². The average Bonchev–Trinajstić information content (AvgIpc) is 1.99. The average molecular weight is 231 g/mol. The molecule has 0 heterocycles. The third-order valence-electron chi connectivity index (χ3n) is 2.83. The summed E-state index contributed by atoms with van der Waals surface area (Å²) in [6.07, 6.45) is 0.613. The maximum absolute atomic E-state index is 11.0. The summed E-state index contributed by atoms with van der Waals surface area (Å²) in [5.41, 5.74) is -0.900. The first-order chi connectivity index (χ1) is 6.98. The van der Waals surface area contributed by atoms with E-state index in [9.17, 15) is 14.7 Å². The Labute approximate surface area is 96.3 Å². The molecule has 1 unspecified atom stereocenters. The van der Waals surface area contributed by atoms with Crippen LogP contribution in [0, 0.1) is 5.41 Å². The Morgan fingerprint density at radius 1 is 1.31 bits per heavy atom. The van der Waals surface area contributed by atoms with Crippen LogP contribution in [0.3, 0.4) is 0 Å². The highest BCUT2D eigenvalue weighted by Gasteiger charge is 2.32. The van der Waals surface area contributed by atoms with E-state index in [1.54, 1.807) is 35.0 Å². The predicted octanol–water partition coefficient (Wildman–Crippen LogP) is -0.298. The van der Waals surface area contributed by atoms with Gasteiger partial charge in [0.1, 0.15) is 6.04 Å². The standard InChI is InChI=1S/C11H21NO4/c1-11(2,10(15)16)7-6-8(9(13)14)12(3,4)5/h8H,6-7H2,1-5H3,(H-,13,14,15,16). The van der Waals surface area contributed by atoms with Crippen molar-refractivity contribution < 1.29 is 24.3 Å². The quantitative estimate of drug-likeness (QED) is 0.637. The summed E-state index contributed by atoms with van der Waals surface area (Å²) in [6.45, 7) is 3.19. The Hall–Kier alpha value is -1.10. The zero-order valence-electron chi connectivity index (χ0n) is 10.6. The lowest BCUT2D eigenvalue weighted by molar-refractivity contribution is -0.889. The number of hydrogen-bond acceptors (Lipinski definition) is 3. The van der Waals surface area contributed by atoms with Gasteiger partial charge in [0.15, 0.2) is 0 Å². The second kappa shape index (κ2) is 4.82. The molecule has 0 aromatic rings. The van der Waals surface area contributed by atoms with Gasteiger partial charge in [-0.15, -0.1) is 0 Å². The number of likely N-dealkylation sites (N-methyl/N-ethyl adjacent to an activating group) is 1. The van der Waals surface area contributed by atoms with Crippen LogP contribution < -0.4 is 5.11 Å². The number of aliphatic carboxylic acids is 2. The minimum atomic E-state index is -1.13. The van der Waals surface area contributed by atoms with Crippen LogP contribution in [0.4, 0.5) is 0 Å². The highest BCUT2D eigenvalue weighted by Crippen LogP contribution is 2.25. The molecule has 0 aliphatic rings. The number of rotatable bonds is 6. The zero-order valence-corrected chi connectivity index (χ0v) is 10.6. The highest BCUT2D eigenvalue weighted by molar-refractivity contribution is 5.74. The van der Waals surface area contributed by atoms with Crippen LogP contribution in [0.2, 0.25) is 0 Å². The van der Waals surface area contributed by atoms with Crippen LogP contribution in [-0.2, 0) is 9.59 Å². The predicted molar refractivity (Wildman–Crippen MR) is 57.5 cm³/mol. The van der Waals surface area contributed by atoms with Crippen molar-refractivity contribution in [2.45, 2.75) is 32.7 Å². The molecule has 16 heavy (non-hydrogen) atoms. The van der Waals surface area contributed by atoms with E-state index in [4.69, 9.17) is 5.11 Å². The van der Waals surface area contributed by atoms with Crippen molar-refractivity contribution in [2.24, 2.45) is 5.41 Å². The fourth-order valence-electron chi connectivity index (χ4n) is 1.43. The number of carboxylic acids is 2. The maximum Gasteiger partial charge on any atom is 0.309 e. The molecule has 0 radical (unpaired) electrons. The fraction of sp³-hybridized carbons (Fsp3) is 0.818. The second-order valence-corrected chi connectivity index (χ2v) is 5.68. The van der Waals surface area contributed by atoms with Crippen LogP contribution >= 0.6 is 0 Å². The molecular weight excluding hydrogens is 210 g/mol. The van der Waals surface area contributed by atoms with E-state index in [1.165, 1.54) is 0 Å². The fourth-order valence-corrected chi connectivity index (χ4v) is 1.43. The summed E-state index contributed by atoms with van der Waals surface area (Å²) >= 11 is 0. The Bertz CT molecular complexity index is 278. The lowest BCUT2D eigenvalue weighted by Gasteiger charge is -2.36. The van der Waals surface area contributed by atoms with Crippen LogP contribution in [-0.4, -0.2) is 48.7 Å². The lowest BCUT2D eigenvalue weighted by Crippen LogP contribution is -2.55. The Morgan fingerprint density at radius 3 is 2.00 bits per heavy atom. The number of carbonyl (C=O) groups is 2. The smallest absolute Gasteiger partial charge is 0.309 e. The molecule has 0 aliphatic carbocycles. The van der Waals surface area contributed by atoms with Crippen molar-refractivity contribution in [3.8, 4) is 0 Å².